The van der Waals surface area contributed by atoms with Gasteiger partial charge in [-0.25, -0.2) is 0 Å². The highest BCUT2D eigenvalue weighted by Crippen LogP contribution is 2.10. The van der Waals surface area contributed by atoms with Crippen molar-refractivity contribution in [3.63, 3.8) is 0 Å². The van der Waals surface area contributed by atoms with Crippen molar-refractivity contribution in [2.24, 2.45) is 5.41 Å². The Morgan fingerprint density at radius 1 is 1.30 bits per heavy atom. The standard InChI is InChI=1S/C9H21N/c1-6-8(2)10-7-9(3,4)5/h8,10H,6-7H2,1-5H3. The van der Waals surface area contributed by atoms with E-state index >= 15 is 0 Å². The van der Waals surface area contributed by atoms with Gasteiger partial charge in [0.25, 0.3) is 0 Å². The van der Waals surface area contributed by atoms with E-state index in [1.165, 1.54) is 6.42 Å². The van der Waals surface area contributed by atoms with Gasteiger partial charge in [0.1, 0.15) is 0 Å². The first kappa shape index (κ1) is 9.96. The first-order chi connectivity index (χ1) is 4.45. The maximum absolute atomic E-state index is 3.47. The van der Waals surface area contributed by atoms with Crippen LogP contribution < -0.4 is 5.32 Å². The van der Waals surface area contributed by atoms with Gasteiger partial charge in [-0.1, -0.05) is 27.7 Å². The van der Waals surface area contributed by atoms with Crippen LogP contribution in [0, 0.1) is 5.41 Å². The highest BCUT2D eigenvalue weighted by atomic mass is 14.9. The van der Waals surface area contributed by atoms with Crippen molar-refractivity contribution in [1.29, 1.82) is 0 Å². The van der Waals surface area contributed by atoms with Crippen LogP contribution in [0.4, 0.5) is 0 Å². The topological polar surface area (TPSA) is 12.0 Å². The lowest BCUT2D eigenvalue weighted by molar-refractivity contribution is 0.354. The summed E-state index contributed by atoms with van der Waals surface area (Å²) >= 11 is 0. The van der Waals surface area contributed by atoms with Crippen molar-refractivity contribution < 1.29 is 0 Å². The highest BCUT2D eigenvalue weighted by molar-refractivity contribution is 4.67. The van der Waals surface area contributed by atoms with E-state index in [1.54, 1.807) is 0 Å². The Hall–Kier alpha value is -0.0400. The second-order valence-corrected chi connectivity index (χ2v) is 4.25. The Balaban J connectivity index is 3.36. The van der Waals surface area contributed by atoms with Crippen molar-refractivity contribution in [2.45, 2.75) is 47.1 Å². The fourth-order valence-electron chi connectivity index (χ4n) is 0.625. The predicted molar refractivity (Wildman–Crippen MR) is 47.2 cm³/mol. The number of hydrogen-bond acceptors (Lipinski definition) is 1. The number of hydrogen-bond donors (Lipinski definition) is 1. The van der Waals surface area contributed by atoms with Gasteiger partial charge in [-0.05, 0) is 18.8 Å². The molecule has 0 aromatic rings. The molecule has 0 aromatic heterocycles. The summed E-state index contributed by atoms with van der Waals surface area (Å²) in [5.41, 5.74) is 0.420. The molecule has 0 aliphatic heterocycles. The predicted octanol–water partition coefficient (Wildman–Crippen LogP) is 2.42. The molecule has 1 unspecified atom stereocenters. The van der Waals surface area contributed by atoms with Gasteiger partial charge in [-0.2, -0.15) is 0 Å². The summed E-state index contributed by atoms with van der Waals surface area (Å²) in [5.74, 6) is 0. The summed E-state index contributed by atoms with van der Waals surface area (Å²) in [6.07, 6.45) is 1.22. The molecule has 1 N–H and O–H groups in total. The van der Waals surface area contributed by atoms with E-state index in [0.717, 1.165) is 6.54 Å². The fraction of sp³-hybridized carbons (Fsp3) is 1.00. The van der Waals surface area contributed by atoms with Crippen LogP contribution >= 0.6 is 0 Å². The zero-order valence-corrected chi connectivity index (χ0v) is 7.99. The SMILES string of the molecule is CCC(C)NCC(C)(C)C. The average Bonchev–Trinajstić information content (AvgIpc) is 1.81. The van der Waals surface area contributed by atoms with E-state index in [9.17, 15) is 0 Å². The van der Waals surface area contributed by atoms with Crippen LogP contribution in [0.25, 0.3) is 0 Å². The Morgan fingerprint density at radius 2 is 1.80 bits per heavy atom. The molecule has 1 nitrogen and oxygen atoms in total. The van der Waals surface area contributed by atoms with Gasteiger partial charge in [0.15, 0.2) is 0 Å². The third kappa shape index (κ3) is 6.09. The van der Waals surface area contributed by atoms with Crippen LogP contribution in [0.5, 0.6) is 0 Å². The molecule has 1 heteroatoms. The van der Waals surface area contributed by atoms with Gasteiger partial charge in [0.2, 0.25) is 0 Å². The maximum Gasteiger partial charge on any atom is 0.00363 e. The molecule has 0 saturated heterocycles. The normalized spacial score (nSPS) is 15.3. The van der Waals surface area contributed by atoms with Crippen molar-refractivity contribution in [2.75, 3.05) is 6.54 Å². The molecular weight excluding hydrogens is 122 g/mol. The quantitative estimate of drug-likeness (QED) is 0.640. The third-order valence-corrected chi connectivity index (χ3v) is 1.59. The van der Waals surface area contributed by atoms with E-state index in [4.69, 9.17) is 0 Å². The first-order valence-electron chi connectivity index (χ1n) is 4.19. The summed E-state index contributed by atoms with van der Waals surface area (Å²) in [6.45, 7) is 12.3. The molecule has 1 atom stereocenters. The largest absolute Gasteiger partial charge is 0.314 e. The van der Waals surface area contributed by atoms with Gasteiger partial charge in [-0.3, -0.25) is 0 Å². The summed E-state index contributed by atoms with van der Waals surface area (Å²) in [6, 6.07) is 0.666. The van der Waals surface area contributed by atoms with Crippen LogP contribution in [-0.4, -0.2) is 12.6 Å². The zero-order valence-electron chi connectivity index (χ0n) is 7.99. The average molecular weight is 143 g/mol. The van der Waals surface area contributed by atoms with Crippen LogP contribution in [0.15, 0.2) is 0 Å². The van der Waals surface area contributed by atoms with Crippen LogP contribution in [0.1, 0.15) is 41.0 Å². The Morgan fingerprint density at radius 3 is 2.10 bits per heavy atom. The van der Waals surface area contributed by atoms with Gasteiger partial charge < -0.3 is 5.32 Å². The number of rotatable bonds is 3. The van der Waals surface area contributed by atoms with E-state index < -0.39 is 0 Å². The summed E-state index contributed by atoms with van der Waals surface area (Å²) < 4.78 is 0. The van der Waals surface area contributed by atoms with Crippen LogP contribution in [0.2, 0.25) is 0 Å². The summed E-state index contributed by atoms with van der Waals surface area (Å²) in [7, 11) is 0. The van der Waals surface area contributed by atoms with E-state index in [-0.39, 0.29) is 0 Å². The van der Waals surface area contributed by atoms with E-state index in [0.29, 0.717) is 11.5 Å². The van der Waals surface area contributed by atoms with Crippen molar-refractivity contribution in [1.82, 2.24) is 5.32 Å². The molecule has 10 heavy (non-hydrogen) atoms. The smallest absolute Gasteiger partial charge is 0.00363 e. The van der Waals surface area contributed by atoms with Gasteiger partial charge in [-0.15, -0.1) is 0 Å². The number of nitrogens with one attached hydrogen (secondary N) is 1. The second kappa shape index (κ2) is 3.97. The lowest BCUT2D eigenvalue weighted by Crippen LogP contribution is -2.33. The summed E-state index contributed by atoms with van der Waals surface area (Å²) in [4.78, 5) is 0. The van der Waals surface area contributed by atoms with Crippen LogP contribution in [-0.2, 0) is 0 Å². The molecule has 0 aromatic carbocycles. The monoisotopic (exact) mass is 143 g/mol. The highest BCUT2D eigenvalue weighted by Gasteiger charge is 2.10. The fourth-order valence-corrected chi connectivity index (χ4v) is 0.625. The molecule has 62 valence electrons. The van der Waals surface area contributed by atoms with Crippen molar-refractivity contribution in [3.8, 4) is 0 Å². The second-order valence-electron chi connectivity index (χ2n) is 4.25. The molecule has 0 rings (SSSR count). The third-order valence-electron chi connectivity index (χ3n) is 1.59. The minimum Gasteiger partial charge on any atom is -0.314 e. The molecule has 0 amide bonds. The lowest BCUT2D eigenvalue weighted by atomic mass is 9.96. The van der Waals surface area contributed by atoms with Gasteiger partial charge in [0, 0.05) is 12.6 Å². The molecule has 0 radical (unpaired) electrons. The van der Waals surface area contributed by atoms with Crippen molar-refractivity contribution in [3.05, 3.63) is 0 Å². The summed E-state index contributed by atoms with van der Waals surface area (Å²) in [5, 5.41) is 3.47. The van der Waals surface area contributed by atoms with Gasteiger partial charge in [0.05, 0.1) is 0 Å². The molecule has 0 heterocycles. The molecule has 0 fully saturated rings. The Kier molecular flexibility index (Phi) is 3.95. The molecular formula is C9H21N. The molecule has 0 spiro atoms. The molecule has 0 aliphatic carbocycles. The minimum absolute atomic E-state index is 0.420. The van der Waals surface area contributed by atoms with Gasteiger partial charge >= 0.3 is 0 Å². The zero-order chi connectivity index (χ0) is 8.20. The lowest BCUT2D eigenvalue weighted by Gasteiger charge is -2.21. The Bertz CT molecular complexity index is 81.2. The van der Waals surface area contributed by atoms with E-state index in [2.05, 4.69) is 39.9 Å². The van der Waals surface area contributed by atoms with E-state index in [1.807, 2.05) is 0 Å². The first-order valence-corrected chi connectivity index (χ1v) is 4.19. The molecule has 0 bridgehead atoms. The van der Waals surface area contributed by atoms with Crippen LogP contribution in [0.3, 0.4) is 0 Å². The maximum atomic E-state index is 3.47. The molecule has 0 saturated carbocycles. The minimum atomic E-state index is 0.420. The molecule has 0 aliphatic rings. The Labute approximate surface area is 65.2 Å². The van der Waals surface area contributed by atoms with Crippen molar-refractivity contribution >= 4 is 0 Å².